The van der Waals surface area contributed by atoms with Gasteiger partial charge in [-0.15, -0.1) is 0 Å². The van der Waals surface area contributed by atoms with Crippen LogP contribution in [0.1, 0.15) is 37.0 Å². The Morgan fingerprint density at radius 1 is 0.912 bits per heavy atom. The number of anilines is 1. The molecule has 0 unspecified atom stereocenters. The first-order chi connectivity index (χ1) is 16.1. The van der Waals surface area contributed by atoms with Crippen LogP contribution in [0, 0.1) is 6.92 Å². The van der Waals surface area contributed by atoms with E-state index in [0.717, 1.165) is 22.3 Å². The van der Waals surface area contributed by atoms with Gasteiger partial charge in [0.2, 0.25) is 0 Å². The predicted octanol–water partition coefficient (Wildman–Crippen LogP) is 5.83. The molecule has 34 heavy (non-hydrogen) atoms. The number of carbonyl (C=O) groups excluding carboxylic acids is 2. The van der Waals surface area contributed by atoms with Gasteiger partial charge in [-0.3, -0.25) is 0 Å². The molecule has 174 valence electrons. The maximum Gasteiger partial charge on any atom is 0.420 e. The molecular weight excluding hydrogens is 430 g/mol. The number of esters is 1. The van der Waals surface area contributed by atoms with Crippen molar-refractivity contribution in [3.63, 3.8) is 0 Å². The number of hydrogen-bond acceptors (Lipinski definition) is 6. The summed E-state index contributed by atoms with van der Waals surface area (Å²) in [7, 11) is 1.32. The third-order valence-corrected chi connectivity index (χ3v) is 5.35. The fraction of sp³-hybridized carbons (Fsp3) is 0.222. The number of rotatable bonds is 3. The quantitative estimate of drug-likeness (QED) is 0.307. The van der Waals surface area contributed by atoms with Gasteiger partial charge in [0, 0.05) is 5.69 Å². The largest absolute Gasteiger partial charge is 0.465 e. The molecule has 0 bridgehead atoms. The number of nitrogens with zero attached hydrogens (tertiary/aromatic N) is 2. The normalized spacial score (nSPS) is 11.4. The molecule has 0 aliphatic heterocycles. The number of hydrogen-bond donors (Lipinski definition) is 1. The van der Waals surface area contributed by atoms with Crippen molar-refractivity contribution in [2.24, 2.45) is 0 Å². The molecule has 4 rings (SSSR count). The third kappa shape index (κ3) is 4.50. The number of ether oxygens (including phenoxy) is 2. The van der Waals surface area contributed by atoms with E-state index in [0.29, 0.717) is 22.5 Å². The maximum absolute atomic E-state index is 13.0. The molecule has 0 atom stereocenters. The third-order valence-electron chi connectivity index (χ3n) is 5.35. The van der Waals surface area contributed by atoms with E-state index in [1.807, 2.05) is 54.6 Å². The SMILES string of the molecule is COC(=O)c1cc(-c2ccc(-c3cccc(N)c3)cc2)cc2c1nc(C)n2C(=O)OC(C)(C)C. The van der Waals surface area contributed by atoms with Crippen LogP contribution in [0.15, 0.2) is 60.7 Å². The van der Waals surface area contributed by atoms with E-state index >= 15 is 0 Å². The average molecular weight is 458 g/mol. The summed E-state index contributed by atoms with van der Waals surface area (Å²) in [6, 6.07) is 19.1. The zero-order valence-corrected chi connectivity index (χ0v) is 19.9. The van der Waals surface area contributed by atoms with Crippen LogP contribution in [0.5, 0.6) is 0 Å². The van der Waals surface area contributed by atoms with Crippen molar-refractivity contribution >= 4 is 28.8 Å². The second kappa shape index (κ2) is 8.67. The van der Waals surface area contributed by atoms with Gasteiger partial charge in [-0.1, -0.05) is 36.4 Å². The summed E-state index contributed by atoms with van der Waals surface area (Å²) >= 11 is 0. The van der Waals surface area contributed by atoms with Crippen molar-refractivity contribution in [2.75, 3.05) is 12.8 Å². The van der Waals surface area contributed by atoms with Crippen molar-refractivity contribution in [1.82, 2.24) is 9.55 Å². The first kappa shape index (κ1) is 23.0. The number of aryl methyl sites for hydroxylation is 1. The fourth-order valence-electron chi connectivity index (χ4n) is 3.84. The standard InChI is InChI=1S/C27H27N3O4/c1-16-29-24-22(25(31)33-5)14-20(15-23(24)30(16)26(32)34-27(2,3)4)18-11-9-17(10-12-18)19-7-6-8-21(28)13-19/h6-15H,28H2,1-5H3. The van der Waals surface area contributed by atoms with E-state index < -0.39 is 17.7 Å². The van der Waals surface area contributed by atoms with Gasteiger partial charge in [-0.2, -0.15) is 0 Å². The Hall–Kier alpha value is -4.13. The average Bonchev–Trinajstić information content (AvgIpc) is 3.12. The first-order valence-corrected chi connectivity index (χ1v) is 10.9. The Morgan fingerprint density at radius 2 is 1.56 bits per heavy atom. The summed E-state index contributed by atoms with van der Waals surface area (Å²) in [6.07, 6.45) is -0.558. The zero-order chi connectivity index (χ0) is 24.6. The van der Waals surface area contributed by atoms with Gasteiger partial charge in [0.15, 0.2) is 0 Å². The van der Waals surface area contributed by atoms with Crippen LogP contribution in [0.4, 0.5) is 10.5 Å². The summed E-state index contributed by atoms with van der Waals surface area (Å²) < 4.78 is 12.0. The Labute approximate surface area is 198 Å². The van der Waals surface area contributed by atoms with Crippen LogP contribution >= 0.6 is 0 Å². The van der Waals surface area contributed by atoms with E-state index in [1.165, 1.54) is 11.7 Å². The lowest BCUT2D eigenvalue weighted by Gasteiger charge is -2.20. The first-order valence-electron chi connectivity index (χ1n) is 10.9. The molecule has 1 heterocycles. The summed E-state index contributed by atoms with van der Waals surface area (Å²) in [4.78, 5) is 30.0. The minimum absolute atomic E-state index is 0.278. The van der Waals surface area contributed by atoms with Crippen LogP contribution in [0.3, 0.4) is 0 Å². The second-order valence-electron chi connectivity index (χ2n) is 9.06. The van der Waals surface area contributed by atoms with E-state index in [1.54, 1.807) is 33.8 Å². The highest BCUT2D eigenvalue weighted by Crippen LogP contribution is 2.31. The van der Waals surface area contributed by atoms with Crippen LogP contribution in [-0.4, -0.2) is 34.3 Å². The van der Waals surface area contributed by atoms with Gasteiger partial charge < -0.3 is 15.2 Å². The van der Waals surface area contributed by atoms with Gasteiger partial charge in [-0.05, 0) is 74.2 Å². The minimum atomic E-state index is -0.681. The fourth-order valence-corrected chi connectivity index (χ4v) is 3.84. The minimum Gasteiger partial charge on any atom is -0.465 e. The number of nitrogen functional groups attached to an aromatic ring is 1. The van der Waals surface area contributed by atoms with Gasteiger partial charge in [0.25, 0.3) is 0 Å². The van der Waals surface area contributed by atoms with Crippen molar-refractivity contribution in [1.29, 1.82) is 0 Å². The van der Waals surface area contributed by atoms with E-state index in [4.69, 9.17) is 15.2 Å². The summed E-state index contributed by atoms with van der Waals surface area (Å²) in [6.45, 7) is 7.09. The number of nitrogens with two attached hydrogens (primary N) is 1. The number of aromatic nitrogens is 2. The Kier molecular flexibility index (Phi) is 5.87. The van der Waals surface area contributed by atoms with Crippen LogP contribution in [-0.2, 0) is 9.47 Å². The highest BCUT2D eigenvalue weighted by atomic mass is 16.6. The van der Waals surface area contributed by atoms with Crippen LogP contribution < -0.4 is 5.73 Å². The molecule has 3 aromatic carbocycles. The molecule has 0 radical (unpaired) electrons. The Morgan fingerprint density at radius 3 is 2.15 bits per heavy atom. The van der Waals surface area contributed by atoms with Crippen molar-refractivity contribution in [2.45, 2.75) is 33.3 Å². The molecule has 0 aliphatic carbocycles. The van der Waals surface area contributed by atoms with Crippen molar-refractivity contribution in [3.05, 3.63) is 72.1 Å². The highest BCUT2D eigenvalue weighted by Gasteiger charge is 2.25. The molecule has 0 saturated carbocycles. The number of imidazole rings is 1. The molecule has 0 amide bonds. The zero-order valence-electron chi connectivity index (χ0n) is 19.9. The van der Waals surface area contributed by atoms with Crippen LogP contribution in [0.2, 0.25) is 0 Å². The smallest absolute Gasteiger partial charge is 0.420 e. The van der Waals surface area contributed by atoms with Gasteiger partial charge in [0.1, 0.15) is 16.9 Å². The molecule has 2 N–H and O–H groups in total. The molecule has 0 saturated heterocycles. The van der Waals surface area contributed by atoms with Gasteiger partial charge in [0.05, 0.1) is 18.2 Å². The summed E-state index contributed by atoms with van der Waals surface area (Å²) in [5.41, 5.74) is 10.7. The maximum atomic E-state index is 13.0. The molecule has 0 fully saturated rings. The lowest BCUT2D eigenvalue weighted by atomic mass is 9.98. The molecule has 7 nitrogen and oxygen atoms in total. The summed E-state index contributed by atoms with van der Waals surface area (Å²) in [5, 5.41) is 0. The molecule has 1 aromatic heterocycles. The molecule has 0 aliphatic rings. The highest BCUT2D eigenvalue weighted by molar-refractivity contribution is 6.06. The molecule has 4 aromatic rings. The van der Waals surface area contributed by atoms with Crippen molar-refractivity contribution in [3.8, 4) is 22.3 Å². The second-order valence-corrected chi connectivity index (χ2v) is 9.06. The van der Waals surface area contributed by atoms with E-state index in [2.05, 4.69) is 4.98 Å². The number of methoxy groups -OCH3 is 1. The molecular formula is C27H27N3O4. The van der Waals surface area contributed by atoms with E-state index in [-0.39, 0.29) is 5.56 Å². The number of benzene rings is 3. The summed E-state index contributed by atoms with van der Waals surface area (Å²) in [5.74, 6) is -0.111. The Balaban J connectivity index is 1.85. The van der Waals surface area contributed by atoms with Gasteiger partial charge in [-0.25, -0.2) is 19.1 Å². The number of carbonyl (C=O) groups is 2. The predicted molar refractivity (Wildman–Crippen MR) is 133 cm³/mol. The Bertz CT molecular complexity index is 1400. The number of fused-ring (bicyclic) bond motifs is 1. The molecule has 7 heteroatoms. The lowest BCUT2D eigenvalue weighted by molar-refractivity contribution is 0.0538. The van der Waals surface area contributed by atoms with Crippen LogP contribution in [0.25, 0.3) is 33.3 Å². The van der Waals surface area contributed by atoms with Gasteiger partial charge >= 0.3 is 12.1 Å². The monoisotopic (exact) mass is 457 g/mol. The topological polar surface area (TPSA) is 96.4 Å². The molecule has 0 spiro atoms. The van der Waals surface area contributed by atoms with Crippen molar-refractivity contribution < 1.29 is 19.1 Å². The lowest BCUT2D eigenvalue weighted by Crippen LogP contribution is -2.27. The van der Waals surface area contributed by atoms with E-state index in [9.17, 15) is 9.59 Å².